The maximum Gasteiger partial charge on any atom is 0.337 e. The highest BCUT2D eigenvalue weighted by Crippen LogP contribution is 2.21. The van der Waals surface area contributed by atoms with E-state index in [2.05, 4.69) is 4.98 Å². The van der Waals surface area contributed by atoms with Gasteiger partial charge in [-0.3, -0.25) is 0 Å². The number of hydrogen-bond donors (Lipinski definition) is 1. The lowest BCUT2D eigenvalue weighted by Crippen LogP contribution is -2.07. The first kappa shape index (κ1) is 11.7. The molecule has 2 aromatic rings. The van der Waals surface area contributed by atoms with E-state index in [9.17, 15) is 4.79 Å². The van der Waals surface area contributed by atoms with Crippen LogP contribution in [-0.4, -0.2) is 20.6 Å². The minimum absolute atomic E-state index is 0.171. The Morgan fingerprint density at radius 3 is 2.94 bits per heavy atom. The van der Waals surface area contributed by atoms with E-state index in [0.29, 0.717) is 10.7 Å². The number of rotatable bonds is 3. The standard InChI is InChI=1S/C12H11ClN2O2/c1-2-11-14-5-6-15(11)10-4-3-8(13)7-9(10)12(16)17/h3-7H,2H2,1H3,(H,16,17). The zero-order chi connectivity index (χ0) is 12.4. The summed E-state index contributed by atoms with van der Waals surface area (Å²) in [4.78, 5) is 15.3. The molecule has 0 spiro atoms. The second-order valence-corrected chi connectivity index (χ2v) is 3.97. The Balaban J connectivity index is 2.63. The molecule has 5 heteroatoms. The molecule has 0 aliphatic heterocycles. The highest BCUT2D eigenvalue weighted by atomic mass is 35.5. The summed E-state index contributed by atoms with van der Waals surface area (Å²) in [5.74, 6) is -0.187. The molecule has 0 saturated heterocycles. The molecule has 0 saturated carbocycles. The number of halogens is 1. The molecule has 4 nitrogen and oxygen atoms in total. The Morgan fingerprint density at radius 2 is 2.29 bits per heavy atom. The molecule has 0 radical (unpaired) electrons. The van der Waals surface area contributed by atoms with Crippen LogP contribution < -0.4 is 0 Å². The van der Waals surface area contributed by atoms with Crippen molar-refractivity contribution in [2.75, 3.05) is 0 Å². The van der Waals surface area contributed by atoms with Gasteiger partial charge in [-0.05, 0) is 18.2 Å². The summed E-state index contributed by atoms with van der Waals surface area (Å²) in [5.41, 5.74) is 0.751. The van der Waals surface area contributed by atoms with Gasteiger partial charge in [0.1, 0.15) is 5.82 Å². The maximum atomic E-state index is 11.2. The molecule has 0 amide bonds. The van der Waals surface area contributed by atoms with Gasteiger partial charge in [0.2, 0.25) is 0 Å². The van der Waals surface area contributed by atoms with Crippen molar-refractivity contribution in [1.82, 2.24) is 9.55 Å². The summed E-state index contributed by atoms with van der Waals surface area (Å²) in [7, 11) is 0. The molecule has 0 fully saturated rings. The molecule has 0 aliphatic carbocycles. The molecule has 0 atom stereocenters. The number of imidazole rings is 1. The molecule has 17 heavy (non-hydrogen) atoms. The van der Waals surface area contributed by atoms with Gasteiger partial charge in [0, 0.05) is 23.8 Å². The second-order valence-electron chi connectivity index (χ2n) is 3.53. The topological polar surface area (TPSA) is 55.1 Å². The van der Waals surface area contributed by atoms with Crippen molar-refractivity contribution in [1.29, 1.82) is 0 Å². The van der Waals surface area contributed by atoms with Gasteiger partial charge in [-0.1, -0.05) is 18.5 Å². The fourth-order valence-electron chi connectivity index (χ4n) is 1.70. The van der Waals surface area contributed by atoms with Crippen LogP contribution in [0.2, 0.25) is 5.02 Å². The number of nitrogens with zero attached hydrogens (tertiary/aromatic N) is 2. The molecular weight excluding hydrogens is 240 g/mol. The highest BCUT2D eigenvalue weighted by Gasteiger charge is 2.14. The monoisotopic (exact) mass is 250 g/mol. The third-order valence-corrected chi connectivity index (χ3v) is 2.72. The van der Waals surface area contributed by atoms with E-state index >= 15 is 0 Å². The van der Waals surface area contributed by atoms with Crippen LogP contribution in [0.1, 0.15) is 23.1 Å². The van der Waals surface area contributed by atoms with Crippen LogP contribution in [0.5, 0.6) is 0 Å². The van der Waals surface area contributed by atoms with Crippen molar-refractivity contribution < 1.29 is 9.90 Å². The first-order valence-electron chi connectivity index (χ1n) is 5.19. The van der Waals surface area contributed by atoms with Crippen LogP contribution in [0.4, 0.5) is 0 Å². The molecule has 88 valence electrons. The van der Waals surface area contributed by atoms with Crippen molar-refractivity contribution in [2.24, 2.45) is 0 Å². The zero-order valence-corrected chi connectivity index (χ0v) is 9.98. The van der Waals surface area contributed by atoms with E-state index in [4.69, 9.17) is 16.7 Å². The summed E-state index contributed by atoms with van der Waals surface area (Å²) in [6.07, 6.45) is 4.13. The number of benzene rings is 1. The van der Waals surface area contributed by atoms with Gasteiger partial charge in [-0.2, -0.15) is 0 Å². The Labute approximate surface area is 103 Å². The van der Waals surface area contributed by atoms with E-state index in [1.807, 2.05) is 6.92 Å². The predicted molar refractivity (Wildman–Crippen MR) is 64.9 cm³/mol. The Kier molecular flexibility index (Phi) is 3.15. The molecule has 1 heterocycles. The summed E-state index contributed by atoms with van der Waals surface area (Å²) in [5, 5.41) is 9.57. The van der Waals surface area contributed by atoms with Crippen LogP contribution in [0.3, 0.4) is 0 Å². The van der Waals surface area contributed by atoms with E-state index in [-0.39, 0.29) is 5.56 Å². The summed E-state index contributed by atoms with van der Waals surface area (Å²) < 4.78 is 1.76. The Hall–Kier alpha value is -1.81. The highest BCUT2D eigenvalue weighted by molar-refractivity contribution is 6.31. The molecule has 0 aliphatic rings. The lowest BCUT2D eigenvalue weighted by atomic mass is 10.1. The SMILES string of the molecule is CCc1nccn1-c1ccc(Cl)cc1C(=O)O. The maximum absolute atomic E-state index is 11.2. The number of aryl methyl sites for hydroxylation is 1. The Morgan fingerprint density at radius 1 is 1.53 bits per heavy atom. The van der Waals surface area contributed by atoms with Crippen LogP contribution in [0.25, 0.3) is 5.69 Å². The van der Waals surface area contributed by atoms with E-state index in [0.717, 1.165) is 12.2 Å². The fourth-order valence-corrected chi connectivity index (χ4v) is 1.88. The van der Waals surface area contributed by atoms with Crippen molar-refractivity contribution in [3.8, 4) is 5.69 Å². The third kappa shape index (κ3) is 2.17. The van der Waals surface area contributed by atoms with Gasteiger partial charge < -0.3 is 9.67 Å². The van der Waals surface area contributed by atoms with E-state index in [1.54, 1.807) is 29.1 Å². The van der Waals surface area contributed by atoms with Gasteiger partial charge >= 0.3 is 5.97 Å². The molecular formula is C12H11ClN2O2. The first-order chi connectivity index (χ1) is 8.13. The zero-order valence-electron chi connectivity index (χ0n) is 9.22. The fraction of sp³-hybridized carbons (Fsp3) is 0.167. The van der Waals surface area contributed by atoms with Crippen molar-refractivity contribution in [3.05, 3.63) is 47.0 Å². The number of carbonyl (C=O) groups is 1. The quantitative estimate of drug-likeness (QED) is 0.911. The number of aromatic carboxylic acids is 1. The lowest BCUT2D eigenvalue weighted by Gasteiger charge is -2.10. The lowest BCUT2D eigenvalue weighted by molar-refractivity contribution is 0.0697. The molecule has 1 N–H and O–H groups in total. The van der Waals surface area contributed by atoms with Crippen molar-refractivity contribution in [2.45, 2.75) is 13.3 Å². The molecule has 1 aromatic carbocycles. The average Bonchev–Trinajstić information content (AvgIpc) is 2.76. The predicted octanol–water partition coefficient (Wildman–Crippen LogP) is 2.79. The van der Waals surface area contributed by atoms with Gasteiger partial charge in [0.15, 0.2) is 0 Å². The van der Waals surface area contributed by atoms with Gasteiger partial charge in [-0.25, -0.2) is 9.78 Å². The van der Waals surface area contributed by atoms with Crippen LogP contribution >= 0.6 is 11.6 Å². The van der Waals surface area contributed by atoms with Crippen LogP contribution in [0, 0.1) is 0 Å². The number of hydrogen-bond acceptors (Lipinski definition) is 2. The number of carboxylic acids is 1. The van der Waals surface area contributed by atoms with Crippen molar-refractivity contribution >= 4 is 17.6 Å². The summed E-state index contributed by atoms with van der Waals surface area (Å²) in [6, 6.07) is 4.80. The van der Waals surface area contributed by atoms with E-state index < -0.39 is 5.97 Å². The normalized spacial score (nSPS) is 10.5. The largest absolute Gasteiger partial charge is 0.478 e. The molecule has 0 bridgehead atoms. The summed E-state index contributed by atoms with van der Waals surface area (Å²) in [6.45, 7) is 1.97. The molecule has 2 rings (SSSR count). The number of aromatic nitrogens is 2. The smallest absolute Gasteiger partial charge is 0.337 e. The minimum Gasteiger partial charge on any atom is -0.478 e. The van der Waals surface area contributed by atoms with Crippen LogP contribution in [0.15, 0.2) is 30.6 Å². The average molecular weight is 251 g/mol. The van der Waals surface area contributed by atoms with Crippen LogP contribution in [-0.2, 0) is 6.42 Å². The summed E-state index contributed by atoms with van der Waals surface area (Å²) >= 11 is 5.81. The molecule has 0 unspecified atom stereocenters. The van der Waals surface area contributed by atoms with Gasteiger partial charge in [-0.15, -0.1) is 0 Å². The first-order valence-corrected chi connectivity index (χ1v) is 5.56. The molecule has 1 aromatic heterocycles. The third-order valence-electron chi connectivity index (χ3n) is 2.48. The Bertz CT molecular complexity index is 563. The minimum atomic E-state index is -1.00. The number of carboxylic acid groups (broad SMARTS) is 1. The van der Waals surface area contributed by atoms with Gasteiger partial charge in [0.05, 0.1) is 11.3 Å². The second kappa shape index (κ2) is 4.59. The van der Waals surface area contributed by atoms with Crippen molar-refractivity contribution in [3.63, 3.8) is 0 Å². The van der Waals surface area contributed by atoms with E-state index in [1.165, 1.54) is 6.07 Å². The van der Waals surface area contributed by atoms with Gasteiger partial charge in [0.25, 0.3) is 0 Å².